The molecule has 0 spiro atoms. The Labute approximate surface area is 308 Å². The standard InChI is InChI=1S/C43H56N4O5/c1-29(48)39(36-11-14-44-23-36)20-30-5-2-8-33(17-30)26-47(27-34-9-3-6-31(18-34)21-40(42(49)50)37-12-15-45-24-37)28-35-10-4-7-32(19-35)22-41(43(51)52)38-13-16-46-25-38/h2-10,17-19,36-41,44-46,48H,1,11-16,20-28H2,(H,49,50)(H,51,52). The van der Waals surface area contributed by atoms with Crippen molar-refractivity contribution in [1.29, 1.82) is 0 Å². The van der Waals surface area contributed by atoms with E-state index in [1.807, 2.05) is 24.3 Å². The molecular weight excluding hydrogens is 652 g/mol. The number of aliphatic hydroxyl groups excluding tert-OH is 1. The lowest BCUT2D eigenvalue weighted by molar-refractivity contribution is -0.144. The summed E-state index contributed by atoms with van der Waals surface area (Å²) in [5, 5.41) is 40.7. The molecule has 0 saturated carbocycles. The summed E-state index contributed by atoms with van der Waals surface area (Å²) in [6, 6.07) is 25.4. The van der Waals surface area contributed by atoms with Crippen LogP contribution in [0.2, 0.25) is 0 Å². The Kier molecular flexibility index (Phi) is 13.2. The number of aliphatic carboxylic acids is 2. The normalized spacial score (nSPS) is 22.0. The fourth-order valence-electron chi connectivity index (χ4n) is 8.80. The van der Waals surface area contributed by atoms with Gasteiger partial charge in [-0.3, -0.25) is 14.5 Å². The monoisotopic (exact) mass is 708 g/mol. The van der Waals surface area contributed by atoms with E-state index in [1.165, 1.54) is 11.1 Å². The summed E-state index contributed by atoms with van der Waals surface area (Å²) in [5.74, 6) is -1.39. The third kappa shape index (κ3) is 10.3. The van der Waals surface area contributed by atoms with E-state index in [4.69, 9.17) is 0 Å². The maximum atomic E-state index is 12.3. The Bertz CT molecular complexity index is 1470. The van der Waals surface area contributed by atoms with Gasteiger partial charge < -0.3 is 31.3 Å². The van der Waals surface area contributed by atoms with Gasteiger partial charge in [0, 0.05) is 25.6 Å². The SMILES string of the molecule is C=C(O)C(Cc1cccc(CN(Cc2cccc(CC(C(=O)O)C3CCNC3)c2)Cc2cccc(CC(C(=O)O)C3CCNC3)c2)c1)C1CCNC1. The molecule has 6 rings (SSSR count). The highest BCUT2D eigenvalue weighted by molar-refractivity contribution is 5.71. The number of benzene rings is 3. The minimum absolute atomic E-state index is 0.0103. The second-order valence-electron chi connectivity index (χ2n) is 15.5. The Balaban J connectivity index is 1.22. The number of allylic oxidation sites excluding steroid dienone is 1. The van der Waals surface area contributed by atoms with Crippen LogP contribution in [0.5, 0.6) is 0 Å². The molecule has 3 aliphatic rings. The summed E-state index contributed by atoms with van der Waals surface area (Å²) in [7, 11) is 0. The van der Waals surface area contributed by atoms with Gasteiger partial charge in [-0.25, -0.2) is 0 Å². The molecule has 0 aromatic heterocycles. The zero-order chi connectivity index (χ0) is 36.5. The van der Waals surface area contributed by atoms with Crippen LogP contribution in [0.25, 0.3) is 0 Å². The molecule has 3 aromatic rings. The molecule has 9 heteroatoms. The lowest BCUT2D eigenvalue weighted by atomic mass is 9.84. The summed E-state index contributed by atoms with van der Waals surface area (Å²) >= 11 is 0. The maximum absolute atomic E-state index is 12.3. The van der Waals surface area contributed by atoms with Crippen molar-refractivity contribution in [1.82, 2.24) is 20.9 Å². The van der Waals surface area contributed by atoms with E-state index in [-0.39, 0.29) is 23.5 Å². The van der Waals surface area contributed by atoms with Crippen LogP contribution in [-0.4, -0.2) is 71.4 Å². The minimum atomic E-state index is -0.731. The third-order valence-corrected chi connectivity index (χ3v) is 11.6. The highest BCUT2D eigenvalue weighted by Crippen LogP contribution is 2.29. The number of hydrogen-bond donors (Lipinski definition) is 6. The van der Waals surface area contributed by atoms with Crippen molar-refractivity contribution in [3.63, 3.8) is 0 Å². The van der Waals surface area contributed by atoms with Gasteiger partial charge >= 0.3 is 11.9 Å². The molecule has 3 aliphatic heterocycles. The predicted molar refractivity (Wildman–Crippen MR) is 204 cm³/mol. The first-order chi connectivity index (χ1) is 25.2. The van der Waals surface area contributed by atoms with Crippen LogP contribution in [0.4, 0.5) is 0 Å². The molecule has 6 N–H and O–H groups in total. The minimum Gasteiger partial charge on any atom is -0.513 e. The zero-order valence-electron chi connectivity index (χ0n) is 30.3. The van der Waals surface area contributed by atoms with Crippen LogP contribution in [0.3, 0.4) is 0 Å². The highest BCUT2D eigenvalue weighted by Gasteiger charge is 2.32. The van der Waals surface area contributed by atoms with Gasteiger partial charge in [-0.2, -0.15) is 0 Å². The van der Waals surface area contributed by atoms with Crippen LogP contribution in [0.1, 0.15) is 52.6 Å². The number of aliphatic hydroxyl groups is 1. The zero-order valence-corrected chi connectivity index (χ0v) is 30.3. The van der Waals surface area contributed by atoms with Crippen LogP contribution in [0.15, 0.2) is 85.1 Å². The molecule has 52 heavy (non-hydrogen) atoms. The molecule has 6 unspecified atom stereocenters. The Morgan fingerprint density at radius 3 is 1.21 bits per heavy atom. The first kappa shape index (κ1) is 37.7. The number of carboxylic acids is 2. The summed E-state index contributed by atoms with van der Waals surface area (Å²) in [6.07, 6.45) is 4.56. The van der Waals surface area contributed by atoms with E-state index < -0.39 is 23.8 Å². The van der Waals surface area contributed by atoms with Gasteiger partial charge in [0.25, 0.3) is 0 Å². The number of hydrogen-bond acceptors (Lipinski definition) is 7. The Morgan fingerprint density at radius 2 is 0.904 bits per heavy atom. The topological polar surface area (TPSA) is 134 Å². The number of rotatable bonds is 18. The molecule has 3 saturated heterocycles. The molecule has 0 aliphatic carbocycles. The predicted octanol–water partition coefficient (Wildman–Crippen LogP) is 5.43. The van der Waals surface area contributed by atoms with E-state index in [0.29, 0.717) is 38.4 Å². The third-order valence-electron chi connectivity index (χ3n) is 11.6. The lowest BCUT2D eigenvalue weighted by Crippen LogP contribution is -2.27. The van der Waals surface area contributed by atoms with Gasteiger partial charge in [0.15, 0.2) is 0 Å². The van der Waals surface area contributed by atoms with E-state index in [9.17, 15) is 24.9 Å². The molecule has 0 radical (unpaired) electrons. The summed E-state index contributed by atoms with van der Waals surface area (Å²) < 4.78 is 0. The second-order valence-corrected chi connectivity index (χ2v) is 15.5. The molecule has 0 amide bonds. The number of nitrogens with one attached hydrogen (secondary N) is 3. The van der Waals surface area contributed by atoms with Gasteiger partial charge in [0.1, 0.15) is 0 Å². The van der Waals surface area contributed by atoms with E-state index in [2.05, 4.69) is 76.0 Å². The van der Waals surface area contributed by atoms with E-state index in [0.717, 1.165) is 87.2 Å². The second kappa shape index (κ2) is 18.1. The van der Waals surface area contributed by atoms with Gasteiger partial charge in [-0.15, -0.1) is 0 Å². The largest absolute Gasteiger partial charge is 0.513 e. The molecule has 0 bridgehead atoms. The van der Waals surface area contributed by atoms with Crippen molar-refractivity contribution in [2.45, 2.75) is 58.2 Å². The van der Waals surface area contributed by atoms with Crippen molar-refractivity contribution in [3.05, 3.63) is 119 Å². The summed E-state index contributed by atoms with van der Waals surface area (Å²) in [6.45, 7) is 11.0. The van der Waals surface area contributed by atoms with Gasteiger partial charge in [-0.05, 0) is 129 Å². The van der Waals surface area contributed by atoms with Crippen molar-refractivity contribution < 1.29 is 24.9 Å². The Morgan fingerprint density at radius 1 is 0.577 bits per heavy atom. The maximum Gasteiger partial charge on any atom is 0.307 e. The summed E-state index contributed by atoms with van der Waals surface area (Å²) in [4.78, 5) is 27.0. The van der Waals surface area contributed by atoms with Gasteiger partial charge in [0.2, 0.25) is 0 Å². The fraction of sp³-hybridized carbons (Fsp3) is 0.488. The molecule has 6 atom stereocenters. The smallest absolute Gasteiger partial charge is 0.307 e. The molecule has 3 heterocycles. The average Bonchev–Trinajstić information content (AvgIpc) is 3.94. The van der Waals surface area contributed by atoms with Gasteiger partial charge in [-0.1, -0.05) is 79.4 Å². The van der Waals surface area contributed by atoms with Gasteiger partial charge in [0.05, 0.1) is 17.6 Å². The Hall–Kier alpha value is -4.02. The van der Waals surface area contributed by atoms with Crippen LogP contribution in [0, 0.1) is 35.5 Å². The molecule has 3 aromatic carbocycles. The first-order valence-corrected chi connectivity index (χ1v) is 19.1. The first-order valence-electron chi connectivity index (χ1n) is 19.1. The van der Waals surface area contributed by atoms with Crippen molar-refractivity contribution in [2.75, 3.05) is 39.3 Å². The molecule has 3 fully saturated rings. The average molecular weight is 709 g/mol. The van der Waals surface area contributed by atoms with E-state index in [1.54, 1.807) is 0 Å². The quantitative estimate of drug-likeness (QED) is 0.0957. The molecular formula is C43H56N4O5. The van der Waals surface area contributed by atoms with Crippen molar-refractivity contribution in [3.8, 4) is 0 Å². The highest BCUT2D eigenvalue weighted by atomic mass is 16.4. The number of nitrogens with zero attached hydrogens (tertiary/aromatic N) is 1. The van der Waals surface area contributed by atoms with Crippen LogP contribution >= 0.6 is 0 Å². The van der Waals surface area contributed by atoms with Crippen molar-refractivity contribution >= 4 is 11.9 Å². The van der Waals surface area contributed by atoms with Crippen LogP contribution < -0.4 is 16.0 Å². The van der Waals surface area contributed by atoms with E-state index >= 15 is 0 Å². The van der Waals surface area contributed by atoms with Crippen molar-refractivity contribution in [2.24, 2.45) is 35.5 Å². The fourth-order valence-corrected chi connectivity index (χ4v) is 8.80. The lowest BCUT2D eigenvalue weighted by Gasteiger charge is -2.25. The molecule has 9 nitrogen and oxygen atoms in total. The molecule has 278 valence electrons. The summed E-state index contributed by atoms with van der Waals surface area (Å²) in [5.41, 5.74) is 6.69. The number of carboxylic acid groups (broad SMARTS) is 2. The number of carbonyl (C=O) groups is 2. The van der Waals surface area contributed by atoms with Crippen LogP contribution in [-0.2, 0) is 48.5 Å².